The summed E-state index contributed by atoms with van der Waals surface area (Å²) in [6, 6.07) is 7.89. The van der Waals surface area contributed by atoms with Crippen LogP contribution in [-0.2, 0) is 17.8 Å². The van der Waals surface area contributed by atoms with Gasteiger partial charge in [0.15, 0.2) is 0 Å². The van der Waals surface area contributed by atoms with Crippen molar-refractivity contribution >= 4 is 16.9 Å². The van der Waals surface area contributed by atoms with Crippen LogP contribution < -0.4 is 0 Å². The predicted octanol–water partition coefficient (Wildman–Crippen LogP) is 2.49. The van der Waals surface area contributed by atoms with Crippen LogP contribution in [-0.4, -0.2) is 48.9 Å². The molecule has 2 aromatic heterocycles. The van der Waals surface area contributed by atoms with Gasteiger partial charge in [0.2, 0.25) is 5.91 Å². The maximum absolute atomic E-state index is 12.8. The van der Waals surface area contributed by atoms with Gasteiger partial charge in [0.05, 0.1) is 23.3 Å². The molecule has 1 fully saturated rings. The monoisotopic (exact) mass is 379 g/mol. The topological polar surface area (TPSA) is 95.0 Å². The molecule has 1 unspecified atom stereocenters. The number of H-pyrrole nitrogens is 1. The van der Waals surface area contributed by atoms with Gasteiger partial charge in [-0.3, -0.25) is 4.79 Å². The fourth-order valence-corrected chi connectivity index (χ4v) is 3.92. The number of aliphatic hydroxyl groups is 1. The molecule has 4 rings (SSSR count). The summed E-state index contributed by atoms with van der Waals surface area (Å²) in [6.07, 6.45) is 4.64. The summed E-state index contributed by atoms with van der Waals surface area (Å²) in [4.78, 5) is 31.3. The van der Waals surface area contributed by atoms with Crippen LogP contribution >= 0.6 is 0 Å². The lowest BCUT2D eigenvalue weighted by atomic mass is 9.92. The van der Waals surface area contributed by atoms with Crippen LogP contribution in [0.15, 0.2) is 30.5 Å². The fourth-order valence-electron chi connectivity index (χ4n) is 3.92. The van der Waals surface area contributed by atoms with Gasteiger partial charge in [-0.25, -0.2) is 15.0 Å². The van der Waals surface area contributed by atoms with Crippen LogP contribution in [0.5, 0.6) is 0 Å². The zero-order chi connectivity index (χ0) is 19.5. The first kappa shape index (κ1) is 18.6. The first-order valence-corrected chi connectivity index (χ1v) is 9.78. The molecule has 7 heteroatoms. The van der Waals surface area contributed by atoms with Crippen molar-refractivity contribution in [3.8, 4) is 0 Å². The summed E-state index contributed by atoms with van der Waals surface area (Å²) >= 11 is 0. The Hall–Kier alpha value is -2.80. The lowest BCUT2D eigenvalue weighted by Crippen LogP contribution is -2.39. The number of nitrogens with one attached hydrogen (secondary N) is 1. The molecule has 1 aliphatic heterocycles. The molecule has 0 radical (unpaired) electrons. The molecular weight excluding hydrogens is 354 g/mol. The molecule has 146 valence electrons. The lowest BCUT2D eigenvalue weighted by molar-refractivity contribution is -0.132. The van der Waals surface area contributed by atoms with E-state index < -0.39 is 0 Å². The number of aromatic amines is 1. The molecule has 3 aromatic rings. The van der Waals surface area contributed by atoms with Crippen LogP contribution in [0.4, 0.5) is 0 Å². The number of nitrogens with zero attached hydrogens (tertiary/aromatic N) is 4. The predicted molar refractivity (Wildman–Crippen MR) is 106 cm³/mol. The standard InChI is InChI=1S/C21H25N5O2/c1-14-22-11-16(13-27)21(23-14)15-5-4-10-26(12-15)20(28)9-8-19-24-17-6-2-3-7-18(17)25-19/h2-3,6-7,11,15,27H,4-5,8-10,12-13H2,1H3,(H,24,25). The Balaban J connectivity index is 1.41. The van der Waals surface area contributed by atoms with Crippen molar-refractivity contribution in [1.29, 1.82) is 0 Å². The van der Waals surface area contributed by atoms with Crippen LogP contribution in [0.3, 0.4) is 0 Å². The van der Waals surface area contributed by atoms with Crippen molar-refractivity contribution in [3.05, 3.63) is 53.4 Å². The van der Waals surface area contributed by atoms with E-state index in [2.05, 4.69) is 19.9 Å². The van der Waals surface area contributed by atoms with Crippen molar-refractivity contribution in [2.45, 2.75) is 45.1 Å². The van der Waals surface area contributed by atoms with Gasteiger partial charge < -0.3 is 15.0 Å². The van der Waals surface area contributed by atoms with E-state index in [9.17, 15) is 9.90 Å². The Kier molecular flexibility index (Phi) is 5.34. The lowest BCUT2D eigenvalue weighted by Gasteiger charge is -2.33. The first-order chi connectivity index (χ1) is 13.6. The number of fused-ring (bicyclic) bond motifs is 1. The van der Waals surface area contributed by atoms with Gasteiger partial charge in [0, 0.05) is 43.6 Å². The Labute approximate surface area is 163 Å². The van der Waals surface area contributed by atoms with Crippen molar-refractivity contribution in [1.82, 2.24) is 24.8 Å². The molecule has 0 aliphatic carbocycles. The number of rotatable bonds is 5. The second-order valence-electron chi connectivity index (χ2n) is 7.37. The average Bonchev–Trinajstić information content (AvgIpc) is 3.15. The number of aromatic nitrogens is 4. The minimum Gasteiger partial charge on any atom is -0.392 e. The van der Waals surface area contributed by atoms with E-state index in [0.717, 1.165) is 47.5 Å². The molecule has 0 spiro atoms. The average molecular weight is 379 g/mol. The highest BCUT2D eigenvalue weighted by molar-refractivity contribution is 5.77. The second kappa shape index (κ2) is 8.06. The minimum absolute atomic E-state index is 0.0773. The number of likely N-dealkylation sites (tertiary alicyclic amines) is 1. The summed E-state index contributed by atoms with van der Waals surface area (Å²) in [5, 5.41) is 9.61. The van der Waals surface area contributed by atoms with Crippen LogP contribution in [0, 0.1) is 6.92 Å². The Bertz CT molecular complexity index is 951. The number of carbonyl (C=O) groups is 1. The second-order valence-corrected chi connectivity index (χ2v) is 7.37. The summed E-state index contributed by atoms with van der Waals surface area (Å²) in [5.74, 6) is 1.83. The number of para-hydroxylation sites is 2. The van der Waals surface area contributed by atoms with E-state index in [4.69, 9.17) is 0 Å². The van der Waals surface area contributed by atoms with Crippen molar-refractivity contribution < 1.29 is 9.90 Å². The third kappa shape index (κ3) is 3.89. The van der Waals surface area contributed by atoms with Crippen LogP contribution in [0.2, 0.25) is 0 Å². The molecule has 1 amide bonds. The highest BCUT2D eigenvalue weighted by Gasteiger charge is 2.27. The Morgan fingerprint density at radius 1 is 1.32 bits per heavy atom. The molecular formula is C21H25N5O2. The van der Waals surface area contributed by atoms with Gasteiger partial charge in [0.1, 0.15) is 11.6 Å². The van der Waals surface area contributed by atoms with Gasteiger partial charge in [-0.15, -0.1) is 0 Å². The van der Waals surface area contributed by atoms with E-state index in [1.807, 2.05) is 36.1 Å². The van der Waals surface area contributed by atoms with E-state index in [1.165, 1.54) is 0 Å². The van der Waals surface area contributed by atoms with E-state index in [0.29, 0.717) is 25.2 Å². The molecule has 28 heavy (non-hydrogen) atoms. The number of benzene rings is 1. The third-order valence-electron chi connectivity index (χ3n) is 5.36. The zero-order valence-corrected chi connectivity index (χ0v) is 16.1. The number of carbonyl (C=O) groups excluding carboxylic acids is 1. The highest BCUT2D eigenvalue weighted by atomic mass is 16.3. The number of aryl methyl sites for hydroxylation is 2. The fraction of sp³-hybridized carbons (Fsp3) is 0.429. The summed E-state index contributed by atoms with van der Waals surface area (Å²) < 4.78 is 0. The van der Waals surface area contributed by atoms with E-state index in [-0.39, 0.29) is 18.4 Å². The highest BCUT2D eigenvalue weighted by Crippen LogP contribution is 2.28. The molecule has 1 atom stereocenters. The first-order valence-electron chi connectivity index (χ1n) is 9.78. The molecule has 0 saturated carbocycles. The molecule has 7 nitrogen and oxygen atoms in total. The number of hydrogen-bond acceptors (Lipinski definition) is 5. The molecule has 2 N–H and O–H groups in total. The quantitative estimate of drug-likeness (QED) is 0.710. The van der Waals surface area contributed by atoms with Crippen molar-refractivity contribution in [2.75, 3.05) is 13.1 Å². The number of imidazole rings is 1. The van der Waals surface area contributed by atoms with Gasteiger partial charge in [-0.05, 0) is 31.9 Å². The third-order valence-corrected chi connectivity index (χ3v) is 5.36. The van der Waals surface area contributed by atoms with Gasteiger partial charge in [-0.2, -0.15) is 0 Å². The van der Waals surface area contributed by atoms with E-state index >= 15 is 0 Å². The Morgan fingerprint density at radius 2 is 2.18 bits per heavy atom. The maximum Gasteiger partial charge on any atom is 0.223 e. The number of piperidine rings is 1. The smallest absolute Gasteiger partial charge is 0.223 e. The summed E-state index contributed by atoms with van der Waals surface area (Å²) in [7, 11) is 0. The number of hydrogen-bond donors (Lipinski definition) is 2. The maximum atomic E-state index is 12.8. The van der Waals surface area contributed by atoms with Gasteiger partial charge >= 0.3 is 0 Å². The van der Waals surface area contributed by atoms with Gasteiger partial charge in [0.25, 0.3) is 0 Å². The molecule has 0 bridgehead atoms. The molecule has 1 aliphatic rings. The van der Waals surface area contributed by atoms with Crippen LogP contribution in [0.25, 0.3) is 11.0 Å². The minimum atomic E-state index is -0.0773. The van der Waals surface area contributed by atoms with Crippen molar-refractivity contribution in [2.24, 2.45) is 0 Å². The summed E-state index contributed by atoms with van der Waals surface area (Å²) in [6.45, 7) is 3.19. The number of amides is 1. The van der Waals surface area contributed by atoms with Crippen molar-refractivity contribution in [3.63, 3.8) is 0 Å². The SMILES string of the molecule is Cc1ncc(CO)c(C2CCCN(C(=O)CCc3nc4ccccc4[nH]3)C2)n1. The molecule has 1 saturated heterocycles. The largest absolute Gasteiger partial charge is 0.392 e. The van der Waals surface area contributed by atoms with E-state index in [1.54, 1.807) is 6.20 Å². The zero-order valence-electron chi connectivity index (χ0n) is 16.1. The normalized spacial score (nSPS) is 17.2. The summed E-state index contributed by atoms with van der Waals surface area (Å²) in [5.41, 5.74) is 3.56. The van der Waals surface area contributed by atoms with Crippen LogP contribution in [0.1, 0.15) is 48.1 Å². The molecule has 1 aromatic carbocycles. The van der Waals surface area contributed by atoms with Gasteiger partial charge in [-0.1, -0.05) is 12.1 Å². The Morgan fingerprint density at radius 3 is 3.00 bits per heavy atom. The number of aliphatic hydroxyl groups excluding tert-OH is 1. The molecule has 3 heterocycles.